The number of Topliss-reactive ketones (excluding diaryl/α,β-unsaturated/α-hetero) is 1. The predicted molar refractivity (Wildman–Crippen MR) is 91.0 cm³/mol. The fraction of sp³-hybridized carbons (Fsp3) is 0.444. The summed E-state index contributed by atoms with van der Waals surface area (Å²) in [6.45, 7) is 1.40. The molecular formula is C18H22N2O5. The molecule has 2 N–H and O–H groups in total. The SMILES string of the molecule is COC(=O)[C@H](NC(=O)c1ccc(NC(C)=O)cc1)[C@@H]1CCCC(=O)C1. The monoisotopic (exact) mass is 346 g/mol. The van der Waals surface area contributed by atoms with E-state index in [1.54, 1.807) is 24.3 Å². The molecule has 134 valence electrons. The summed E-state index contributed by atoms with van der Waals surface area (Å²) in [5, 5.41) is 5.29. The van der Waals surface area contributed by atoms with Crippen LogP contribution < -0.4 is 10.6 Å². The minimum Gasteiger partial charge on any atom is -0.467 e. The van der Waals surface area contributed by atoms with Gasteiger partial charge in [0, 0.05) is 31.0 Å². The van der Waals surface area contributed by atoms with Gasteiger partial charge in [-0.05, 0) is 43.0 Å². The van der Waals surface area contributed by atoms with Crippen LogP contribution in [0.25, 0.3) is 0 Å². The molecule has 2 rings (SSSR count). The maximum atomic E-state index is 12.4. The minimum absolute atomic E-state index is 0.0964. The Labute approximate surface area is 146 Å². The van der Waals surface area contributed by atoms with Crippen LogP contribution >= 0.6 is 0 Å². The zero-order valence-corrected chi connectivity index (χ0v) is 14.3. The van der Waals surface area contributed by atoms with Gasteiger partial charge in [-0.2, -0.15) is 0 Å². The van der Waals surface area contributed by atoms with Crippen LogP contribution in [-0.2, 0) is 19.1 Å². The van der Waals surface area contributed by atoms with Gasteiger partial charge >= 0.3 is 5.97 Å². The summed E-state index contributed by atoms with van der Waals surface area (Å²) in [6.07, 6.45) is 2.18. The quantitative estimate of drug-likeness (QED) is 0.790. The van der Waals surface area contributed by atoms with Crippen molar-refractivity contribution in [3.8, 4) is 0 Å². The van der Waals surface area contributed by atoms with E-state index < -0.39 is 17.9 Å². The van der Waals surface area contributed by atoms with E-state index in [2.05, 4.69) is 10.6 Å². The summed E-state index contributed by atoms with van der Waals surface area (Å²) in [6, 6.07) is 5.47. The molecule has 0 unspecified atom stereocenters. The molecule has 7 nitrogen and oxygen atoms in total. The molecule has 2 atom stereocenters. The summed E-state index contributed by atoms with van der Waals surface area (Å²) < 4.78 is 4.79. The number of benzene rings is 1. The van der Waals surface area contributed by atoms with E-state index >= 15 is 0 Å². The molecule has 1 aliphatic rings. The first-order valence-electron chi connectivity index (χ1n) is 8.18. The number of ketones is 1. The van der Waals surface area contributed by atoms with Gasteiger partial charge in [-0.15, -0.1) is 0 Å². The predicted octanol–water partition coefficient (Wildman–Crippen LogP) is 1.68. The number of rotatable bonds is 5. The summed E-state index contributed by atoms with van der Waals surface area (Å²) in [5.41, 5.74) is 0.927. The third-order valence-corrected chi connectivity index (χ3v) is 4.20. The average Bonchev–Trinajstić information content (AvgIpc) is 2.59. The lowest BCUT2D eigenvalue weighted by Gasteiger charge is -2.28. The lowest BCUT2D eigenvalue weighted by molar-refractivity contribution is -0.145. The molecule has 1 aromatic rings. The maximum absolute atomic E-state index is 12.4. The Morgan fingerprint density at radius 1 is 1.20 bits per heavy atom. The van der Waals surface area contributed by atoms with Crippen LogP contribution in [0.15, 0.2) is 24.3 Å². The van der Waals surface area contributed by atoms with Crippen molar-refractivity contribution in [2.24, 2.45) is 5.92 Å². The third-order valence-electron chi connectivity index (χ3n) is 4.20. The van der Waals surface area contributed by atoms with Crippen LogP contribution in [0.5, 0.6) is 0 Å². The van der Waals surface area contributed by atoms with Gasteiger partial charge in [0.2, 0.25) is 5.91 Å². The molecule has 1 saturated carbocycles. The van der Waals surface area contributed by atoms with Crippen LogP contribution in [0.2, 0.25) is 0 Å². The normalized spacial score (nSPS) is 18.2. The van der Waals surface area contributed by atoms with Crippen molar-refractivity contribution >= 4 is 29.3 Å². The molecule has 0 bridgehead atoms. The average molecular weight is 346 g/mol. The summed E-state index contributed by atoms with van der Waals surface area (Å²) in [4.78, 5) is 47.2. The van der Waals surface area contributed by atoms with Crippen molar-refractivity contribution < 1.29 is 23.9 Å². The number of amides is 2. The lowest BCUT2D eigenvalue weighted by atomic mass is 9.83. The molecule has 0 aromatic heterocycles. The Balaban J connectivity index is 2.09. The second kappa shape index (κ2) is 8.41. The Morgan fingerprint density at radius 2 is 1.88 bits per heavy atom. The van der Waals surface area contributed by atoms with E-state index in [4.69, 9.17) is 4.74 Å². The highest BCUT2D eigenvalue weighted by Gasteiger charge is 2.34. The Bertz CT molecular complexity index is 669. The summed E-state index contributed by atoms with van der Waals surface area (Å²) in [7, 11) is 1.26. The van der Waals surface area contributed by atoms with Crippen molar-refractivity contribution in [3.63, 3.8) is 0 Å². The summed E-state index contributed by atoms with van der Waals surface area (Å²) >= 11 is 0. The van der Waals surface area contributed by atoms with Gasteiger partial charge in [-0.1, -0.05) is 0 Å². The molecule has 1 fully saturated rings. The zero-order valence-electron chi connectivity index (χ0n) is 14.3. The molecule has 0 radical (unpaired) electrons. The number of nitrogens with one attached hydrogen (secondary N) is 2. The second-order valence-electron chi connectivity index (χ2n) is 6.13. The fourth-order valence-electron chi connectivity index (χ4n) is 2.97. The van der Waals surface area contributed by atoms with E-state index in [1.807, 2.05) is 0 Å². The van der Waals surface area contributed by atoms with Crippen molar-refractivity contribution in [2.45, 2.75) is 38.6 Å². The van der Waals surface area contributed by atoms with E-state index in [1.165, 1.54) is 14.0 Å². The number of ether oxygens (including phenoxy) is 1. The number of hydrogen-bond acceptors (Lipinski definition) is 5. The number of hydrogen-bond donors (Lipinski definition) is 2. The van der Waals surface area contributed by atoms with E-state index in [0.717, 1.165) is 0 Å². The third kappa shape index (κ3) is 5.14. The standard InChI is InChI=1S/C18H22N2O5/c1-11(21)19-14-8-6-12(7-9-14)17(23)20-16(18(24)25-2)13-4-3-5-15(22)10-13/h6-9,13,16H,3-5,10H2,1-2H3,(H,19,21)(H,20,23)/t13-,16-/m1/s1. The Hall–Kier alpha value is -2.70. The zero-order chi connectivity index (χ0) is 18.4. The number of carbonyl (C=O) groups excluding carboxylic acids is 4. The molecule has 0 saturated heterocycles. The van der Waals surface area contributed by atoms with Gasteiger partial charge in [0.25, 0.3) is 5.91 Å². The molecule has 1 aromatic carbocycles. The van der Waals surface area contributed by atoms with Crippen LogP contribution in [0.3, 0.4) is 0 Å². The molecule has 25 heavy (non-hydrogen) atoms. The van der Waals surface area contributed by atoms with E-state index in [9.17, 15) is 19.2 Å². The number of carbonyl (C=O) groups is 4. The number of esters is 1. The maximum Gasteiger partial charge on any atom is 0.328 e. The van der Waals surface area contributed by atoms with Crippen molar-refractivity contribution in [1.82, 2.24) is 5.32 Å². The van der Waals surface area contributed by atoms with Crippen LogP contribution in [0.4, 0.5) is 5.69 Å². The van der Waals surface area contributed by atoms with Crippen molar-refractivity contribution in [3.05, 3.63) is 29.8 Å². The van der Waals surface area contributed by atoms with Crippen molar-refractivity contribution in [2.75, 3.05) is 12.4 Å². The smallest absolute Gasteiger partial charge is 0.328 e. The topological polar surface area (TPSA) is 102 Å². The van der Waals surface area contributed by atoms with Crippen molar-refractivity contribution in [1.29, 1.82) is 0 Å². The Morgan fingerprint density at radius 3 is 2.44 bits per heavy atom. The van der Waals surface area contributed by atoms with E-state index in [-0.39, 0.29) is 24.0 Å². The molecular weight excluding hydrogens is 324 g/mol. The summed E-state index contributed by atoms with van der Waals surface area (Å²) in [5.74, 6) is -1.34. The second-order valence-corrected chi connectivity index (χ2v) is 6.13. The molecule has 0 heterocycles. The van der Waals surface area contributed by atoms with Crippen LogP contribution in [0, 0.1) is 5.92 Å². The van der Waals surface area contributed by atoms with E-state index in [0.29, 0.717) is 30.5 Å². The van der Waals surface area contributed by atoms with Gasteiger partial charge in [-0.3, -0.25) is 14.4 Å². The fourth-order valence-corrected chi connectivity index (χ4v) is 2.97. The largest absolute Gasteiger partial charge is 0.467 e. The first-order chi connectivity index (χ1) is 11.9. The van der Waals surface area contributed by atoms with Gasteiger partial charge < -0.3 is 15.4 Å². The highest BCUT2D eigenvalue weighted by molar-refractivity contribution is 5.98. The number of methoxy groups -OCH3 is 1. The molecule has 0 spiro atoms. The first-order valence-corrected chi connectivity index (χ1v) is 8.18. The molecule has 7 heteroatoms. The van der Waals surface area contributed by atoms with Gasteiger partial charge in [0.15, 0.2) is 0 Å². The number of anilines is 1. The highest BCUT2D eigenvalue weighted by Crippen LogP contribution is 2.25. The first kappa shape index (κ1) is 18.6. The minimum atomic E-state index is -0.850. The highest BCUT2D eigenvalue weighted by atomic mass is 16.5. The Kier molecular flexibility index (Phi) is 6.27. The van der Waals surface area contributed by atoms with Gasteiger partial charge in [0.05, 0.1) is 7.11 Å². The van der Waals surface area contributed by atoms with Crippen LogP contribution in [-0.4, -0.2) is 36.7 Å². The lowest BCUT2D eigenvalue weighted by Crippen LogP contribution is -2.48. The molecule has 1 aliphatic carbocycles. The molecule has 2 amide bonds. The van der Waals surface area contributed by atoms with Gasteiger partial charge in [0.1, 0.15) is 11.8 Å². The molecule has 0 aliphatic heterocycles. The van der Waals surface area contributed by atoms with Crippen LogP contribution in [0.1, 0.15) is 43.0 Å². The van der Waals surface area contributed by atoms with Gasteiger partial charge in [-0.25, -0.2) is 4.79 Å².